The molecule has 4 nitrogen and oxygen atoms in total. The number of hydrogen-bond acceptors (Lipinski definition) is 4. The van der Waals surface area contributed by atoms with Gasteiger partial charge in [0.1, 0.15) is 0 Å². The van der Waals surface area contributed by atoms with E-state index in [0.29, 0.717) is 17.1 Å². The van der Waals surface area contributed by atoms with Gasteiger partial charge in [-0.3, -0.25) is 9.69 Å². The van der Waals surface area contributed by atoms with Crippen molar-refractivity contribution in [3.8, 4) is 0 Å². The summed E-state index contributed by atoms with van der Waals surface area (Å²) < 4.78 is 5.52. The molecule has 1 aliphatic carbocycles. The first kappa shape index (κ1) is 19.0. The minimum Gasteiger partial charge on any atom is -0.379 e. The Morgan fingerprint density at radius 1 is 1.28 bits per heavy atom. The Labute approximate surface area is 159 Å². The highest BCUT2D eigenvalue weighted by Crippen LogP contribution is 2.34. The summed E-state index contributed by atoms with van der Waals surface area (Å²) in [5.41, 5.74) is 0.642. The molecule has 0 radical (unpaired) electrons. The van der Waals surface area contributed by atoms with E-state index in [1.165, 1.54) is 19.3 Å². The number of thioether (sulfide) groups is 1. The van der Waals surface area contributed by atoms with E-state index >= 15 is 0 Å². The van der Waals surface area contributed by atoms with Gasteiger partial charge in [0.05, 0.1) is 23.8 Å². The normalized spacial score (nSPS) is 21.0. The van der Waals surface area contributed by atoms with E-state index in [-0.39, 0.29) is 11.4 Å². The Balaban J connectivity index is 1.71. The van der Waals surface area contributed by atoms with Gasteiger partial charge < -0.3 is 10.1 Å². The number of morpholine rings is 1. The van der Waals surface area contributed by atoms with Gasteiger partial charge in [-0.25, -0.2) is 0 Å². The van der Waals surface area contributed by atoms with Gasteiger partial charge in [-0.15, -0.1) is 11.8 Å². The van der Waals surface area contributed by atoms with Crippen LogP contribution in [0.2, 0.25) is 5.02 Å². The third kappa shape index (κ3) is 4.51. The number of amides is 1. The molecule has 138 valence electrons. The van der Waals surface area contributed by atoms with Crippen LogP contribution in [0.15, 0.2) is 23.1 Å². The van der Waals surface area contributed by atoms with E-state index < -0.39 is 0 Å². The second kappa shape index (κ2) is 8.76. The van der Waals surface area contributed by atoms with Gasteiger partial charge in [0, 0.05) is 30.1 Å². The van der Waals surface area contributed by atoms with Crippen molar-refractivity contribution in [2.24, 2.45) is 0 Å². The molecule has 1 aromatic rings. The fourth-order valence-electron chi connectivity index (χ4n) is 4.00. The van der Waals surface area contributed by atoms with Crippen molar-refractivity contribution in [3.63, 3.8) is 0 Å². The minimum atomic E-state index is -0.0703. The maximum atomic E-state index is 12.8. The maximum absolute atomic E-state index is 12.8. The molecule has 1 heterocycles. The molecule has 1 aliphatic heterocycles. The summed E-state index contributed by atoms with van der Waals surface area (Å²) in [6.45, 7) is 4.18. The van der Waals surface area contributed by atoms with E-state index in [1.54, 1.807) is 17.8 Å². The van der Waals surface area contributed by atoms with Gasteiger partial charge in [0.25, 0.3) is 5.91 Å². The van der Waals surface area contributed by atoms with E-state index in [2.05, 4.69) is 10.2 Å². The number of carbonyl (C=O) groups is 1. The number of rotatable bonds is 5. The molecule has 1 aromatic carbocycles. The van der Waals surface area contributed by atoms with Crippen LogP contribution in [0.4, 0.5) is 0 Å². The van der Waals surface area contributed by atoms with Crippen LogP contribution >= 0.6 is 23.4 Å². The zero-order valence-electron chi connectivity index (χ0n) is 14.9. The first-order valence-electron chi connectivity index (χ1n) is 9.09. The molecule has 0 bridgehead atoms. The second-order valence-electron chi connectivity index (χ2n) is 6.91. The van der Waals surface area contributed by atoms with Gasteiger partial charge in [0.2, 0.25) is 0 Å². The second-order valence-corrected chi connectivity index (χ2v) is 8.20. The zero-order chi connectivity index (χ0) is 17.7. The molecule has 0 unspecified atom stereocenters. The Morgan fingerprint density at radius 2 is 2.00 bits per heavy atom. The number of ether oxygens (including phenoxy) is 1. The van der Waals surface area contributed by atoms with Crippen LogP contribution in [-0.4, -0.2) is 55.4 Å². The Hall–Kier alpha value is -0.750. The number of benzene rings is 1. The van der Waals surface area contributed by atoms with Crippen LogP contribution in [0, 0.1) is 0 Å². The van der Waals surface area contributed by atoms with Gasteiger partial charge >= 0.3 is 0 Å². The number of nitrogens with zero attached hydrogens (tertiary/aromatic N) is 1. The van der Waals surface area contributed by atoms with E-state index in [0.717, 1.165) is 44.0 Å². The predicted octanol–water partition coefficient (Wildman–Crippen LogP) is 3.83. The molecule has 6 heteroatoms. The lowest BCUT2D eigenvalue weighted by Gasteiger charge is -2.48. The molecule has 0 aromatic heterocycles. The average Bonchev–Trinajstić information content (AvgIpc) is 2.68. The predicted molar refractivity (Wildman–Crippen MR) is 104 cm³/mol. The molecule has 3 rings (SSSR count). The van der Waals surface area contributed by atoms with Crippen LogP contribution < -0.4 is 5.32 Å². The molecule has 25 heavy (non-hydrogen) atoms. The fraction of sp³-hybridized carbons (Fsp3) is 0.632. The molecule has 0 atom stereocenters. The topological polar surface area (TPSA) is 41.6 Å². The third-order valence-corrected chi connectivity index (χ3v) is 6.52. The van der Waals surface area contributed by atoms with Crippen molar-refractivity contribution in [2.75, 3.05) is 39.1 Å². The number of hydrogen-bond donors (Lipinski definition) is 1. The summed E-state index contributed by atoms with van der Waals surface area (Å²) >= 11 is 7.87. The quantitative estimate of drug-likeness (QED) is 0.786. The summed E-state index contributed by atoms with van der Waals surface area (Å²) in [6, 6.07) is 5.63. The largest absolute Gasteiger partial charge is 0.379 e. The molecule has 2 fully saturated rings. The summed E-state index contributed by atoms with van der Waals surface area (Å²) in [5.74, 6) is -0.0703. The summed E-state index contributed by atoms with van der Waals surface area (Å²) in [6.07, 6.45) is 8.05. The first-order chi connectivity index (χ1) is 12.1. The van der Waals surface area contributed by atoms with Crippen molar-refractivity contribution in [1.82, 2.24) is 10.2 Å². The van der Waals surface area contributed by atoms with Crippen LogP contribution in [0.5, 0.6) is 0 Å². The van der Waals surface area contributed by atoms with Crippen LogP contribution in [0.25, 0.3) is 0 Å². The summed E-state index contributed by atoms with van der Waals surface area (Å²) in [4.78, 5) is 16.3. The number of nitrogens with one attached hydrogen (secondary N) is 1. The standard InChI is InChI=1S/C19H27ClN2O2S/c1-25-15-5-6-17(20)16(13-15)18(23)21-14-19(7-3-2-4-8-19)22-9-11-24-12-10-22/h5-6,13H,2-4,7-12,14H2,1H3,(H,21,23). The monoisotopic (exact) mass is 382 g/mol. The molecular weight excluding hydrogens is 356 g/mol. The SMILES string of the molecule is CSc1ccc(Cl)c(C(=O)NCC2(N3CCOCC3)CCCCC2)c1. The maximum Gasteiger partial charge on any atom is 0.252 e. The van der Waals surface area contributed by atoms with Gasteiger partial charge in [-0.05, 0) is 37.3 Å². The first-order valence-corrected chi connectivity index (χ1v) is 10.7. The third-order valence-electron chi connectivity index (χ3n) is 5.46. The zero-order valence-corrected chi connectivity index (χ0v) is 16.4. The lowest BCUT2D eigenvalue weighted by atomic mass is 9.79. The van der Waals surface area contributed by atoms with Crippen molar-refractivity contribution >= 4 is 29.3 Å². The summed E-state index contributed by atoms with van der Waals surface area (Å²) in [5, 5.41) is 3.70. The van der Waals surface area contributed by atoms with Crippen LogP contribution in [0.3, 0.4) is 0 Å². The van der Waals surface area contributed by atoms with Crippen molar-refractivity contribution in [1.29, 1.82) is 0 Å². The molecule has 1 amide bonds. The van der Waals surface area contributed by atoms with E-state index in [4.69, 9.17) is 16.3 Å². The van der Waals surface area contributed by atoms with E-state index in [1.807, 2.05) is 18.4 Å². The minimum absolute atomic E-state index is 0.0703. The lowest BCUT2D eigenvalue weighted by Crippen LogP contribution is -2.59. The van der Waals surface area contributed by atoms with Crippen molar-refractivity contribution in [2.45, 2.75) is 42.5 Å². The van der Waals surface area contributed by atoms with Crippen molar-refractivity contribution in [3.05, 3.63) is 28.8 Å². The highest BCUT2D eigenvalue weighted by atomic mass is 35.5. The Kier molecular flexibility index (Phi) is 6.67. The van der Waals surface area contributed by atoms with Gasteiger partial charge in [0.15, 0.2) is 0 Å². The fourth-order valence-corrected chi connectivity index (χ4v) is 4.64. The van der Waals surface area contributed by atoms with Gasteiger partial charge in [-0.2, -0.15) is 0 Å². The van der Waals surface area contributed by atoms with E-state index in [9.17, 15) is 4.79 Å². The summed E-state index contributed by atoms with van der Waals surface area (Å²) in [7, 11) is 0. The van der Waals surface area contributed by atoms with Crippen LogP contribution in [-0.2, 0) is 4.74 Å². The molecular formula is C19H27ClN2O2S. The molecule has 1 N–H and O–H groups in total. The molecule has 0 spiro atoms. The average molecular weight is 383 g/mol. The number of carbonyl (C=O) groups excluding carboxylic acids is 1. The van der Waals surface area contributed by atoms with Gasteiger partial charge in [-0.1, -0.05) is 30.9 Å². The van der Waals surface area contributed by atoms with Crippen molar-refractivity contribution < 1.29 is 9.53 Å². The smallest absolute Gasteiger partial charge is 0.252 e. The highest BCUT2D eigenvalue weighted by molar-refractivity contribution is 7.98. The Bertz CT molecular complexity index is 599. The van der Waals surface area contributed by atoms with Crippen LogP contribution in [0.1, 0.15) is 42.5 Å². The molecule has 2 aliphatic rings. The molecule has 1 saturated heterocycles. The molecule has 1 saturated carbocycles. The lowest BCUT2D eigenvalue weighted by molar-refractivity contribution is -0.0361. The Morgan fingerprint density at radius 3 is 2.68 bits per heavy atom. The highest BCUT2D eigenvalue weighted by Gasteiger charge is 2.38. The number of halogens is 1.